The van der Waals surface area contributed by atoms with Gasteiger partial charge in [-0.25, -0.2) is 0 Å². The summed E-state index contributed by atoms with van der Waals surface area (Å²) in [6.45, 7) is 4.85. The van der Waals surface area contributed by atoms with E-state index in [1.165, 1.54) is 51.7 Å². The van der Waals surface area contributed by atoms with E-state index in [-0.39, 0.29) is 0 Å². The van der Waals surface area contributed by atoms with Crippen LogP contribution in [0.4, 0.5) is 0 Å². The van der Waals surface area contributed by atoms with E-state index in [2.05, 4.69) is 15.1 Å². The molecule has 0 spiro atoms. The maximum absolute atomic E-state index is 5.33. The van der Waals surface area contributed by atoms with Gasteiger partial charge in [-0.05, 0) is 69.8 Å². The second kappa shape index (κ2) is 9.47. The molecule has 0 aromatic heterocycles. The molecule has 0 atom stereocenters. The molecule has 0 radical (unpaired) electrons. The van der Waals surface area contributed by atoms with Gasteiger partial charge in [0.05, 0.1) is 0 Å². The molecule has 0 bridgehead atoms. The number of hydrogen-bond acceptors (Lipinski definition) is 3. The molecular weight excluding hydrogens is 288 g/mol. The minimum Gasteiger partial charge on any atom is -0.355 e. The number of rotatable bonds is 6. The standard InChI is InChI=1S/C14H28N4S2/c1-16(2)13(19)15-14(20)17(3)9-5-4-6-10-18-11-7-8-12-18/h4-12H2,1-3H3,(H,15,19,20). The summed E-state index contributed by atoms with van der Waals surface area (Å²) < 4.78 is 0. The Labute approximate surface area is 134 Å². The second-order valence-electron chi connectivity index (χ2n) is 5.66. The van der Waals surface area contributed by atoms with Crippen LogP contribution in [0, 0.1) is 0 Å². The molecule has 0 aromatic rings. The summed E-state index contributed by atoms with van der Waals surface area (Å²) in [6, 6.07) is 0. The second-order valence-corrected chi connectivity index (χ2v) is 6.43. The third kappa shape index (κ3) is 6.81. The van der Waals surface area contributed by atoms with Gasteiger partial charge in [0.1, 0.15) is 0 Å². The predicted molar refractivity (Wildman–Crippen MR) is 94.2 cm³/mol. The molecule has 1 fully saturated rings. The summed E-state index contributed by atoms with van der Waals surface area (Å²) in [5.74, 6) is 0. The number of nitrogens with one attached hydrogen (secondary N) is 1. The van der Waals surface area contributed by atoms with E-state index in [1.807, 2.05) is 26.0 Å². The van der Waals surface area contributed by atoms with Crippen LogP contribution in [0.3, 0.4) is 0 Å². The fourth-order valence-corrected chi connectivity index (χ4v) is 2.62. The molecule has 1 aliphatic rings. The summed E-state index contributed by atoms with van der Waals surface area (Å²) in [5.41, 5.74) is 0. The van der Waals surface area contributed by atoms with Gasteiger partial charge in [0.15, 0.2) is 10.2 Å². The number of hydrogen-bond donors (Lipinski definition) is 1. The van der Waals surface area contributed by atoms with Crippen LogP contribution in [0.2, 0.25) is 0 Å². The molecule has 116 valence electrons. The molecule has 1 heterocycles. The number of likely N-dealkylation sites (tertiary alicyclic amines) is 1. The normalized spacial score (nSPS) is 15.2. The summed E-state index contributed by atoms with van der Waals surface area (Å²) in [4.78, 5) is 6.50. The average molecular weight is 317 g/mol. The molecule has 0 saturated carbocycles. The third-order valence-corrected chi connectivity index (χ3v) is 4.51. The molecule has 0 unspecified atom stereocenters. The van der Waals surface area contributed by atoms with Crippen molar-refractivity contribution in [2.24, 2.45) is 0 Å². The lowest BCUT2D eigenvalue weighted by atomic mass is 10.2. The summed E-state index contributed by atoms with van der Waals surface area (Å²) in [7, 11) is 5.85. The van der Waals surface area contributed by atoms with Crippen molar-refractivity contribution in [1.82, 2.24) is 20.0 Å². The highest BCUT2D eigenvalue weighted by atomic mass is 32.1. The van der Waals surface area contributed by atoms with Gasteiger partial charge in [0, 0.05) is 27.7 Å². The number of nitrogens with zero attached hydrogens (tertiary/aromatic N) is 3. The van der Waals surface area contributed by atoms with Crippen LogP contribution in [0.15, 0.2) is 0 Å². The van der Waals surface area contributed by atoms with Gasteiger partial charge < -0.3 is 20.0 Å². The zero-order valence-corrected chi connectivity index (χ0v) is 14.7. The zero-order chi connectivity index (χ0) is 15.0. The fraction of sp³-hybridized carbons (Fsp3) is 0.857. The molecular formula is C14H28N4S2. The van der Waals surface area contributed by atoms with Crippen LogP contribution in [0.25, 0.3) is 0 Å². The Bertz CT molecular complexity index is 314. The smallest absolute Gasteiger partial charge is 0.174 e. The zero-order valence-electron chi connectivity index (χ0n) is 13.0. The minimum absolute atomic E-state index is 0.663. The first-order valence-corrected chi connectivity index (χ1v) is 8.28. The Hall–Kier alpha value is -0.460. The molecule has 0 aliphatic carbocycles. The number of unbranched alkanes of at least 4 members (excludes halogenated alkanes) is 2. The van der Waals surface area contributed by atoms with Crippen molar-refractivity contribution < 1.29 is 0 Å². The third-order valence-electron chi connectivity index (χ3n) is 3.63. The van der Waals surface area contributed by atoms with Gasteiger partial charge in [0.2, 0.25) is 0 Å². The summed E-state index contributed by atoms with van der Waals surface area (Å²) >= 11 is 10.5. The Morgan fingerprint density at radius 1 is 1.00 bits per heavy atom. The SMILES string of the molecule is CN(C)C(=S)NC(=S)N(C)CCCCCN1CCCC1. The molecule has 0 aromatic carbocycles. The van der Waals surface area contributed by atoms with E-state index >= 15 is 0 Å². The van der Waals surface area contributed by atoms with Gasteiger partial charge in [-0.15, -0.1) is 0 Å². The summed E-state index contributed by atoms with van der Waals surface area (Å²) in [6.07, 6.45) is 6.51. The monoisotopic (exact) mass is 316 g/mol. The highest BCUT2D eigenvalue weighted by Gasteiger charge is 2.10. The average Bonchev–Trinajstić information content (AvgIpc) is 2.90. The number of thiocarbonyl (C=S) groups is 2. The first-order valence-electron chi connectivity index (χ1n) is 7.46. The van der Waals surface area contributed by atoms with Gasteiger partial charge in [-0.3, -0.25) is 0 Å². The van der Waals surface area contributed by atoms with Crippen molar-refractivity contribution in [3.63, 3.8) is 0 Å². The van der Waals surface area contributed by atoms with Crippen LogP contribution in [0.5, 0.6) is 0 Å². The Kier molecular flexibility index (Phi) is 8.33. The quantitative estimate of drug-likeness (QED) is 0.593. The molecule has 6 heteroatoms. The molecule has 1 aliphatic heterocycles. The van der Waals surface area contributed by atoms with Gasteiger partial charge in [-0.2, -0.15) is 0 Å². The Balaban J connectivity index is 2.05. The largest absolute Gasteiger partial charge is 0.355 e. The topological polar surface area (TPSA) is 21.8 Å². The van der Waals surface area contributed by atoms with Gasteiger partial charge in [0.25, 0.3) is 0 Å². The lowest BCUT2D eigenvalue weighted by Gasteiger charge is -2.23. The van der Waals surface area contributed by atoms with E-state index in [1.54, 1.807) is 0 Å². The fourth-order valence-electron chi connectivity index (χ4n) is 2.27. The van der Waals surface area contributed by atoms with E-state index in [0.717, 1.165) is 6.54 Å². The minimum atomic E-state index is 0.663. The van der Waals surface area contributed by atoms with Crippen molar-refractivity contribution in [3.8, 4) is 0 Å². The molecule has 1 N–H and O–H groups in total. The van der Waals surface area contributed by atoms with Crippen LogP contribution < -0.4 is 5.32 Å². The first-order chi connectivity index (χ1) is 9.50. The van der Waals surface area contributed by atoms with Crippen LogP contribution >= 0.6 is 24.4 Å². The maximum Gasteiger partial charge on any atom is 0.174 e. The van der Waals surface area contributed by atoms with Crippen LogP contribution in [-0.4, -0.2) is 72.2 Å². The molecule has 0 amide bonds. The molecule has 20 heavy (non-hydrogen) atoms. The van der Waals surface area contributed by atoms with E-state index < -0.39 is 0 Å². The van der Waals surface area contributed by atoms with Crippen molar-refractivity contribution in [2.75, 3.05) is 47.3 Å². The maximum atomic E-state index is 5.33. The Morgan fingerprint density at radius 3 is 2.25 bits per heavy atom. The van der Waals surface area contributed by atoms with Gasteiger partial charge >= 0.3 is 0 Å². The van der Waals surface area contributed by atoms with Crippen molar-refractivity contribution in [2.45, 2.75) is 32.1 Å². The van der Waals surface area contributed by atoms with E-state index in [9.17, 15) is 0 Å². The van der Waals surface area contributed by atoms with E-state index in [4.69, 9.17) is 24.4 Å². The highest BCUT2D eigenvalue weighted by molar-refractivity contribution is 7.81. The molecule has 1 saturated heterocycles. The van der Waals surface area contributed by atoms with Crippen LogP contribution in [-0.2, 0) is 0 Å². The van der Waals surface area contributed by atoms with Crippen LogP contribution in [0.1, 0.15) is 32.1 Å². The lowest BCUT2D eigenvalue weighted by molar-refractivity contribution is 0.325. The predicted octanol–water partition coefficient (Wildman–Crippen LogP) is 1.91. The lowest BCUT2D eigenvalue weighted by Crippen LogP contribution is -2.44. The van der Waals surface area contributed by atoms with Crippen molar-refractivity contribution in [3.05, 3.63) is 0 Å². The van der Waals surface area contributed by atoms with Gasteiger partial charge in [-0.1, -0.05) is 6.42 Å². The summed E-state index contributed by atoms with van der Waals surface area (Å²) in [5, 5.41) is 4.45. The van der Waals surface area contributed by atoms with Crippen molar-refractivity contribution in [1.29, 1.82) is 0 Å². The van der Waals surface area contributed by atoms with E-state index in [0.29, 0.717) is 10.2 Å². The highest BCUT2D eigenvalue weighted by Crippen LogP contribution is 2.09. The molecule has 4 nitrogen and oxygen atoms in total. The first kappa shape index (κ1) is 17.6. The molecule has 1 rings (SSSR count). The Morgan fingerprint density at radius 2 is 1.65 bits per heavy atom. The van der Waals surface area contributed by atoms with Crippen molar-refractivity contribution >= 4 is 34.7 Å².